The van der Waals surface area contributed by atoms with Crippen molar-refractivity contribution in [2.24, 2.45) is 0 Å². The van der Waals surface area contributed by atoms with E-state index in [0.717, 1.165) is 39.0 Å². The number of nitrogens with one attached hydrogen (secondary N) is 1. The molecule has 2 heterocycles. The number of nitrogens with zero attached hydrogens (tertiary/aromatic N) is 2. The Labute approximate surface area is 132 Å². The topological polar surface area (TPSA) is 44.8 Å². The second kappa shape index (κ2) is 6.26. The second-order valence-corrected chi connectivity index (χ2v) is 6.23. The van der Waals surface area contributed by atoms with Crippen LogP contribution in [0.25, 0.3) is 0 Å². The molecule has 0 atom stereocenters. The van der Waals surface area contributed by atoms with Crippen LogP contribution in [0.3, 0.4) is 0 Å². The lowest BCUT2D eigenvalue weighted by atomic mass is 9.90. The van der Waals surface area contributed by atoms with Crippen molar-refractivity contribution in [3.05, 3.63) is 29.8 Å². The summed E-state index contributed by atoms with van der Waals surface area (Å²) >= 11 is 0. The third kappa shape index (κ3) is 2.71. The monoisotopic (exact) mass is 303 g/mol. The zero-order valence-electron chi connectivity index (χ0n) is 13.5. The van der Waals surface area contributed by atoms with Crippen LogP contribution in [0.5, 0.6) is 0 Å². The summed E-state index contributed by atoms with van der Waals surface area (Å²) in [6.45, 7) is 3.93. The molecule has 2 aliphatic rings. The molecular weight excluding hydrogens is 278 g/mol. The van der Waals surface area contributed by atoms with Crippen LogP contribution in [-0.2, 0) is 16.1 Å². The molecule has 1 N–H and O–H groups in total. The summed E-state index contributed by atoms with van der Waals surface area (Å²) in [7, 11) is 3.75. The SMILES string of the molecule is COC1(C(=O)N2CCN(C)c3ccccc3C2)CCNCC1. The number of anilines is 1. The molecule has 0 radical (unpaired) electrons. The van der Waals surface area contributed by atoms with E-state index in [4.69, 9.17) is 4.74 Å². The largest absolute Gasteiger partial charge is 0.373 e. The Kier molecular flexibility index (Phi) is 4.36. The van der Waals surface area contributed by atoms with Gasteiger partial charge in [0.05, 0.1) is 0 Å². The third-order valence-electron chi connectivity index (χ3n) is 4.95. The maximum absolute atomic E-state index is 13.1. The molecule has 1 amide bonds. The van der Waals surface area contributed by atoms with Crippen molar-refractivity contribution in [3.63, 3.8) is 0 Å². The summed E-state index contributed by atoms with van der Waals surface area (Å²) in [6.07, 6.45) is 1.49. The normalized spacial score (nSPS) is 21.2. The molecule has 1 fully saturated rings. The van der Waals surface area contributed by atoms with Gasteiger partial charge >= 0.3 is 0 Å². The molecule has 1 saturated heterocycles. The molecule has 0 spiro atoms. The van der Waals surface area contributed by atoms with Gasteiger partial charge in [-0.3, -0.25) is 4.79 Å². The highest BCUT2D eigenvalue weighted by Gasteiger charge is 2.42. The van der Waals surface area contributed by atoms with Crippen LogP contribution in [-0.4, -0.2) is 56.7 Å². The third-order valence-corrected chi connectivity index (χ3v) is 4.95. The maximum atomic E-state index is 13.1. The summed E-state index contributed by atoms with van der Waals surface area (Å²) in [4.78, 5) is 17.3. The van der Waals surface area contributed by atoms with E-state index in [0.29, 0.717) is 6.54 Å². The van der Waals surface area contributed by atoms with Crippen LogP contribution in [0.2, 0.25) is 0 Å². The Hall–Kier alpha value is -1.59. The number of methoxy groups -OCH3 is 1. The van der Waals surface area contributed by atoms with Gasteiger partial charge in [-0.25, -0.2) is 0 Å². The number of benzene rings is 1. The maximum Gasteiger partial charge on any atom is 0.255 e. The van der Waals surface area contributed by atoms with Gasteiger partial charge in [0.2, 0.25) is 0 Å². The van der Waals surface area contributed by atoms with E-state index < -0.39 is 5.60 Å². The molecule has 0 aromatic heterocycles. The van der Waals surface area contributed by atoms with E-state index in [1.54, 1.807) is 7.11 Å². The minimum atomic E-state index is -0.650. The average Bonchev–Trinajstić information content (AvgIpc) is 2.74. The van der Waals surface area contributed by atoms with E-state index in [1.807, 2.05) is 11.0 Å². The van der Waals surface area contributed by atoms with E-state index in [9.17, 15) is 4.79 Å². The second-order valence-electron chi connectivity index (χ2n) is 6.23. The van der Waals surface area contributed by atoms with Crippen LogP contribution in [0.15, 0.2) is 24.3 Å². The Morgan fingerprint density at radius 1 is 1.23 bits per heavy atom. The molecular formula is C17H25N3O2. The molecule has 0 saturated carbocycles. The minimum absolute atomic E-state index is 0.140. The van der Waals surface area contributed by atoms with E-state index in [-0.39, 0.29) is 5.91 Å². The molecule has 5 heteroatoms. The highest BCUT2D eigenvalue weighted by atomic mass is 16.5. The highest BCUT2D eigenvalue weighted by Crippen LogP contribution is 2.29. The van der Waals surface area contributed by atoms with Crippen molar-refractivity contribution in [3.8, 4) is 0 Å². The van der Waals surface area contributed by atoms with Crippen LogP contribution in [0, 0.1) is 0 Å². The number of hydrogen-bond acceptors (Lipinski definition) is 4. The zero-order chi connectivity index (χ0) is 15.6. The predicted molar refractivity (Wildman–Crippen MR) is 87.0 cm³/mol. The first kappa shape index (κ1) is 15.3. The number of ether oxygens (including phenoxy) is 1. The molecule has 0 unspecified atom stereocenters. The molecule has 120 valence electrons. The number of carbonyl (C=O) groups excluding carboxylic acids is 1. The van der Waals surface area contributed by atoms with Gasteiger partial charge in [-0.1, -0.05) is 18.2 Å². The summed E-state index contributed by atoms with van der Waals surface area (Å²) in [5.41, 5.74) is 1.77. The number of likely N-dealkylation sites (N-methyl/N-ethyl adjacent to an activating group) is 1. The standard InChI is InChI=1S/C17H25N3O2/c1-19-11-12-20(13-14-5-3-4-6-15(14)19)16(21)17(22-2)7-9-18-10-8-17/h3-6,18H,7-13H2,1-2H3. The number of amides is 1. The quantitative estimate of drug-likeness (QED) is 0.893. The lowest BCUT2D eigenvalue weighted by Gasteiger charge is -2.38. The molecule has 5 nitrogen and oxygen atoms in total. The van der Waals surface area contributed by atoms with Crippen molar-refractivity contribution in [2.75, 3.05) is 45.2 Å². The van der Waals surface area contributed by atoms with E-state index in [1.165, 1.54) is 11.3 Å². The van der Waals surface area contributed by atoms with Gasteiger partial charge in [0.25, 0.3) is 5.91 Å². The van der Waals surface area contributed by atoms with Crippen LogP contribution >= 0.6 is 0 Å². The number of para-hydroxylation sites is 1. The molecule has 22 heavy (non-hydrogen) atoms. The fourth-order valence-electron chi connectivity index (χ4n) is 3.49. The Morgan fingerprint density at radius 3 is 2.68 bits per heavy atom. The van der Waals surface area contributed by atoms with E-state index in [2.05, 4.69) is 35.5 Å². The smallest absolute Gasteiger partial charge is 0.255 e. The molecule has 1 aromatic carbocycles. The van der Waals surface area contributed by atoms with Crippen LogP contribution in [0.4, 0.5) is 5.69 Å². The average molecular weight is 303 g/mol. The van der Waals surface area contributed by atoms with Crippen molar-refractivity contribution in [1.29, 1.82) is 0 Å². The van der Waals surface area contributed by atoms with Gasteiger partial charge in [0, 0.05) is 39.5 Å². The van der Waals surface area contributed by atoms with Gasteiger partial charge in [0.1, 0.15) is 5.60 Å². The minimum Gasteiger partial charge on any atom is -0.373 e. The number of fused-ring (bicyclic) bond motifs is 1. The number of piperidine rings is 1. The highest BCUT2D eigenvalue weighted by molar-refractivity contribution is 5.86. The Bertz CT molecular complexity index is 540. The van der Waals surface area contributed by atoms with Crippen LogP contribution in [0.1, 0.15) is 18.4 Å². The summed E-state index contributed by atoms with van der Waals surface area (Å²) in [5, 5.41) is 3.31. The van der Waals surface area contributed by atoms with Gasteiger partial charge in [0.15, 0.2) is 0 Å². The fourth-order valence-corrected chi connectivity index (χ4v) is 3.49. The van der Waals surface area contributed by atoms with Gasteiger partial charge in [-0.15, -0.1) is 0 Å². The summed E-state index contributed by atoms with van der Waals surface area (Å²) < 4.78 is 5.70. The first-order valence-electron chi connectivity index (χ1n) is 8.00. The van der Waals surface area contributed by atoms with E-state index >= 15 is 0 Å². The van der Waals surface area contributed by atoms with Gasteiger partial charge < -0.3 is 19.9 Å². The zero-order valence-corrected chi connectivity index (χ0v) is 13.5. The lowest BCUT2D eigenvalue weighted by molar-refractivity contribution is -0.158. The Morgan fingerprint density at radius 2 is 1.95 bits per heavy atom. The van der Waals surface area contributed by atoms with Gasteiger partial charge in [-0.2, -0.15) is 0 Å². The predicted octanol–water partition coefficient (Wildman–Crippen LogP) is 1.23. The lowest BCUT2D eigenvalue weighted by Crippen LogP contribution is -2.55. The van der Waals surface area contributed by atoms with Gasteiger partial charge in [-0.05, 0) is 37.6 Å². The van der Waals surface area contributed by atoms with Crippen molar-refractivity contribution >= 4 is 11.6 Å². The molecule has 1 aromatic rings. The van der Waals surface area contributed by atoms with Crippen molar-refractivity contribution in [1.82, 2.24) is 10.2 Å². The Balaban J connectivity index is 1.84. The number of hydrogen-bond donors (Lipinski definition) is 1. The first-order chi connectivity index (χ1) is 10.7. The fraction of sp³-hybridized carbons (Fsp3) is 0.588. The molecule has 0 bridgehead atoms. The summed E-state index contributed by atoms with van der Waals surface area (Å²) in [5.74, 6) is 0.140. The molecule has 2 aliphatic heterocycles. The van der Waals surface area contributed by atoms with Crippen LogP contribution < -0.4 is 10.2 Å². The number of carbonyl (C=O) groups is 1. The molecule has 3 rings (SSSR count). The van der Waals surface area contributed by atoms with Crippen molar-refractivity contribution < 1.29 is 9.53 Å². The molecule has 0 aliphatic carbocycles. The van der Waals surface area contributed by atoms with Crippen molar-refractivity contribution in [2.45, 2.75) is 25.0 Å². The number of rotatable bonds is 2. The first-order valence-corrected chi connectivity index (χ1v) is 8.00. The summed E-state index contributed by atoms with van der Waals surface area (Å²) in [6, 6.07) is 8.33.